The molecule has 0 bridgehead atoms. The quantitative estimate of drug-likeness (QED) is 0.607. The van der Waals surface area contributed by atoms with Gasteiger partial charge in [-0.05, 0) is 41.9 Å². The second-order valence-corrected chi connectivity index (χ2v) is 5.27. The highest BCUT2D eigenvalue weighted by Crippen LogP contribution is 2.25. The number of nitrogens with zero attached hydrogens (tertiary/aromatic N) is 6. The molecule has 0 aliphatic carbocycles. The summed E-state index contributed by atoms with van der Waals surface area (Å²) in [4.78, 5) is 4.38. The molecule has 0 saturated carbocycles. The van der Waals surface area contributed by atoms with Crippen molar-refractivity contribution in [1.82, 2.24) is 29.9 Å². The maximum absolute atomic E-state index is 6.15. The minimum Gasteiger partial charge on any atom is -0.337 e. The molecule has 22 heavy (non-hydrogen) atoms. The van der Waals surface area contributed by atoms with Gasteiger partial charge in [-0.15, -0.1) is 10.2 Å². The van der Waals surface area contributed by atoms with Crippen molar-refractivity contribution < 1.29 is 4.63 Å². The van der Waals surface area contributed by atoms with Gasteiger partial charge in [-0.2, -0.15) is 0 Å². The van der Waals surface area contributed by atoms with E-state index >= 15 is 0 Å². The van der Waals surface area contributed by atoms with Crippen LogP contribution < -0.4 is 5.32 Å². The van der Waals surface area contributed by atoms with E-state index in [4.69, 9.17) is 16.2 Å². The van der Waals surface area contributed by atoms with Crippen molar-refractivity contribution in [3.8, 4) is 0 Å². The molecule has 4 rings (SSSR count). The summed E-state index contributed by atoms with van der Waals surface area (Å²) < 4.78 is 6.48. The van der Waals surface area contributed by atoms with Gasteiger partial charge in [0, 0.05) is 10.7 Å². The molecular weight excluding hydrogens is 306 g/mol. The van der Waals surface area contributed by atoms with E-state index in [-0.39, 0.29) is 0 Å². The van der Waals surface area contributed by atoms with E-state index in [0.717, 1.165) is 11.3 Å². The van der Waals surface area contributed by atoms with E-state index in [2.05, 4.69) is 30.8 Å². The second kappa shape index (κ2) is 4.63. The standard InChI is InChI=1S/C13H10ClN7O/c1-6-3-4-8(5-9(6)14)15-10-12-18-17-7(2)21(12)13-11(16-10)19-22-20-13/h3-5H,1-2H3,(H,15,16,19). The number of nitrogens with one attached hydrogen (secondary N) is 1. The van der Waals surface area contributed by atoms with E-state index < -0.39 is 0 Å². The molecule has 0 aliphatic heterocycles. The Kier molecular flexibility index (Phi) is 2.73. The summed E-state index contributed by atoms with van der Waals surface area (Å²) in [6.45, 7) is 3.76. The molecule has 8 nitrogen and oxygen atoms in total. The first kappa shape index (κ1) is 13.0. The monoisotopic (exact) mass is 315 g/mol. The van der Waals surface area contributed by atoms with Crippen LogP contribution in [0.5, 0.6) is 0 Å². The number of anilines is 2. The second-order valence-electron chi connectivity index (χ2n) is 4.87. The molecule has 0 atom stereocenters. The lowest BCUT2D eigenvalue weighted by Gasteiger charge is -2.08. The molecular formula is C13H10ClN7O. The van der Waals surface area contributed by atoms with Gasteiger partial charge in [0.2, 0.25) is 16.9 Å². The van der Waals surface area contributed by atoms with Gasteiger partial charge >= 0.3 is 0 Å². The van der Waals surface area contributed by atoms with Crippen LogP contribution in [-0.4, -0.2) is 29.9 Å². The van der Waals surface area contributed by atoms with Crippen LogP contribution in [0.4, 0.5) is 11.5 Å². The van der Waals surface area contributed by atoms with E-state index in [0.29, 0.717) is 33.6 Å². The average Bonchev–Trinajstić information content (AvgIpc) is 3.09. The number of hydrogen-bond donors (Lipinski definition) is 1. The van der Waals surface area contributed by atoms with Crippen LogP contribution >= 0.6 is 11.6 Å². The minimum atomic E-state index is 0.371. The Labute approximate surface area is 129 Å². The van der Waals surface area contributed by atoms with Crippen LogP contribution in [0, 0.1) is 13.8 Å². The molecule has 0 unspecified atom stereocenters. The fourth-order valence-electron chi connectivity index (χ4n) is 2.21. The predicted molar refractivity (Wildman–Crippen MR) is 80.4 cm³/mol. The number of aromatic nitrogens is 6. The van der Waals surface area contributed by atoms with Crippen LogP contribution in [0.1, 0.15) is 11.4 Å². The Morgan fingerprint density at radius 1 is 1.14 bits per heavy atom. The van der Waals surface area contributed by atoms with E-state index in [1.807, 2.05) is 32.0 Å². The number of hydrogen-bond acceptors (Lipinski definition) is 7. The van der Waals surface area contributed by atoms with Crippen LogP contribution in [0.25, 0.3) is 16.9 Å². The molecule has 0 fully saturated rings. The molecule has 0 radical (unpaired) electrons. The first-order chi connectivity index (χ1) is 10.6. The number of rotatable bonds is 2. The van der Waals surface area contributed by atoms with Crippen LogP contribution in [0.15, 0.2) is 22.8 Å². The smallest absolute Gasteiger partial charge is 0.244 e. The largest absolute Gasteiger partial charge is 0.337 e. The van der Waals surface area contributed by atoms with Crippen molar-refractivity contribution >= 4 is 40.0 Å². The fourth-order valence-corrected chi connectivity index (χ4v) is 2.39. The van der Waals surface area contributed by atoms with Crippen molar-refractivity contribution in [2.24, 2.45) is 0 Å². The third kappa shape index (κ3) is 1.88. The Morgan fingerprint density at radius 3 is 2.82 bits per heavy atom. The molecule has 110 valence electrons. The predicted octanol–water partition coefficient (Wildman–Crippen LogP) is 2.67. The van der Waals surface area contributed by atoms with Crippen LogP contribution in [0.2, 0.25) is 5.02 Å². The van der Waals surface area contributed by atoms with Crippen molar-refractivity contribution in [3.05, 3.63) is 34.6 Å². The van der Waals surface area contributed by atoms with Gasteiger partial charge < -0.3 is 5.32 Å². The zero-order chi connectivity index (χ0) is 15.3. The molecule has 3 aromatic heterocycles. The molecule has 0 spiro atoms. The Morgan fingerprint density at radius 2 is 2.00 bits per heavy atom. The third-order valence-electron chi connectivity index (χ3n) is 3.36. The maximum atomic E-state index is 6.15. The normalized spacial score (nSPS) is 11.4. The van der Waals surface area contributed by atoms with E-state index in [9.17, 15) is 0 Å². The fraction of sp³-hybridized carbons (Fsp3) is 0.154. The Hall–Kier alpha value is -2.74. The zero-order valence-corrected chi connectivity index (χ0v) is 12.5. The first-order valence-electron chi connectivity index (χ1n) is 6.50. The summed E-state index contributed by atoms with van der Waals surface area (Å²) in [5.41, 5.74) is 3.18. The number of halogens is 1. The summed E-state index contributed by atoms with van der Waals surface area (Å²) in [5, 5.41) is 19.7. The van der Waals surface area contributed by atoms with Crippen LogP contribution in [0.3, 0.4) is 0 Å². The molecule has 1 aromatic carbocycles. The SMILES string of the molecule is Cc1ccc(Nc2nc3nonc3n3c(C)nnc23)cc1Cl. The summed E-state index contributed by atoms with van der Waals surface area (Å²) >= 11 is 6.15. The molecule has 9 heteroatoms. The lowest BCUT2D eigenvalue weighted by molar-refractivity contribution is 0.313. The summed E-state index contributed by atoms with van der Waals surface area (Å²) in [6.07, 6.45) is 0. The number of benzene rings is 1. The first-order valence-corrected chi connectivity index (χ1v) is 6.88. The third-order valence-corrected chi connectivity index (χ3v) is 3.76. The molecule has 3 heterocycles. The van der Waals surface area contributed by atoms with E-state index in [1.54, 1.807) is 4.40 Å². The Balaban J connectivity index is 1.91. The summed E-state index contributed by atoms with van der Waals surface area (Å²) in [7, 11) is 0. The van der Waals surface area contributed by atoms with Crippen molar-refractivity contribution in [2.75, 3.05) is 5.32 Å². The van der Waals surface area contributed by atoms with Gasteiger partial charge in [0.15, 0.2) is 5.82 Å². The maximum Gasteiger partial charge on any atom is 0.244 e. The highest BCUT2D eigenvalue weighted by molar-refractivity contribution is 6.31. The van der Waals surface area contributed by atoms with Gasteiger partial charge in [-0.3, -0.25) is 4.40 Å². The van der Waals surface area contributed by atoms with Gasteiger partial charge in [0.05, 0.1) is 0 Å². The molecule has 1 N–H and O–H groups in total. The topological polar surface area (TPSA) is 94.0 Å². The highest BCUT2D eigenvalue weighted by Gasteiger charge is 2.16. The number of aryl methyl sites for hydroxylation is 2. The van der Waals surface area contributed by atoms with Crippen molar-refractivity contribution in [3.63, 3.8) is 0 Å². The van der Waals surface area contributed by atoms with Crippen molar-refractivity contribution in [1.29, 1.82) is 0 Å². The van der Waals surface area contributed by atoms with Gasteiger partial charge in [-0.25, -0.2) is 9.61 Å². The molecule has 4 aromatic rings. The minimum absolute atomic E-state index is 0.371. The lowest BCUT2D eigenvalue weighted by Crippen LogP contribution is -2.01. The van der Waals surface area contributed by atoms with Gasteiger partial charge in [0.1, 0.15) is 5.82 Å². The lowest BCUT2D eigenvalue weighted by atomic mass is 10.2. The van der Waals surface area contributed by atoms with Crippen molar-refractivity contribution in [2.45, 2.75) is 13.8 Å². The van der Waals surface area contributed by atoms with E-state index in [1.165, 1.54) is 0 Å². The summed E-state index contributed by atoms with van der Waals surface area (Å²) in [6, 6.07) is 5.66. The highest BCUT2D eigenvalue weighted by atomic mass is 35.5. The van der Waals surface area contributed by atoms with Crippen LogP contribution in [-0.2, 0) is 0 Å². The zero-order valence-electron chi connectivity index (χ0n) is 11.7. The molecule has 0 saturated heterocycles. The van der Waals surface area contributed by atoms with Gasteiger partial charge in [-0.1, -0.05) is 17.7 Å². The van der Waals surface area contributed by atoms with Gasteiger partial charge in [0.25, 0.3) is 0 Å². The average molecular weight is 316 g/mol. The Bertz CT molecular complexity index is 1010. The molecule has 0 aliphatic rings. The number of fused-ring (bicyclic) bond motifs is 3. The molecule has 0 amide bonds. The summed E-state index contributed by atoms with van der Waals surface area (Å²) in [5.74, 6) is 1.17.